The highest BCUT2D eigenvalue weighted by Gasteiger charge is 2.34. The molecule has 1 heterocycles. The standard InChI is InChI=1S/C23H24BrNO4S/c1-14(2)29-19-8-7-17(12-18(19)24)13-21-22(26)25(23(27)30-21)9-10-28-20-11-15(3)5-6-16(20)4/h5-8,11-14H,9-10H2,1-4H3/b21-13-. The third-order valence-electron chi connectivity index (χ3n) is 4.41. The summed E-state index contributed by atoms with van der Waals surface area (Å²) >= 11 is 4.44. The summed E-state index contributed by atoms with van der Waals surface area (Å²) in [5.74, 6) is 1.21. The number of benzene rings is 2. The minimum Gasteiger partial charge on any atom is -0.491 e. The van der Waals surface area contributed by atoms with E-state index >= 15 is 0 Å². The zero-order valence-corrected chi connectivity index (χ0v) is 19.8. The van der Waals surface area contributed by atoms with E-state index in [1.165, 1.54) is 4.90 Å². The Kier molecular flexibility index (Phi) is 7.26. The van der Waals surface area contributed by atoms with E-state index in [0.29, 0.717) is 4.91 Å². The molecule has 5 nitrogen and oxygen atoms in total. The average Bonchev–Trinajstić information content (AvgIpc) is 2.93. The molecular weight excluding hydrogens is 466 g/mol. The van der Waals surface area contributed by atoms with E-state index in [0.717, 1.165) is 44.4 Å². The van der Waals surface area contributed by atoms with Gasteiger partial charge >= 0.3 is 0 Å². The molecule has 2 amide bonds. The van der Waals surface area contributed by atoms with Gasteiger partial charge in [-0.3, -0.25) is 14.5 Å². The lowest BCUT2D eigenvalue weighted by molar-refractivity contribution is -0.123. The minimum absolute atomic E-state index is 0.0643. The number of halogens is 1. The first-order chi connectivity index (χ1) is 14.2. The van der Waals surface area contributed by atoms with Gasteiger partial charge in [0.15, 0.2) is 0 Å². The van der Waals surface area contributed by atoms with Gasteiger partial charge in [0, 0.05) is 0 Å². The topological polar surface area (TPSA) is 55.8 Å². The van der Waals surface area contributed by atoms with Crippen molar-refractivity contribution in [3.05, 3.63) is 62.5 Å². The average molecular weight is 490 g/mol. The third-order valence-corrected chi connectivity index (χ3v) is 5.93. The van der Waals surface area contributed by atoms with Crippen LogP contribution in [-0.4, -0.2) is 35.3 Å². The first-order valence-electron chi connectivity index (χ1n) is 9.66. The van der Waals surface area contributed by atoms with Crippen LogP contribution in [-0.2, 0) is 4.79 Å². The number of imide groups is 1. The Hall–Kier alpha value is -2.25. The monoisotopic (exact) mass is 489 g/mol. The van der Waals surface area contributed by atoms with Crippen molar-refractivity contribution in [3.63, 3.8) is 0 Å². The van der Waals surface area contributed by atoms with Crippen LogP contribution >= 0.6 is 27.7 Å². The Morgan fingerprint density at radius 3 is 2.57 bits per heavy atom. The van der Waals surface area contributed by atoms with E-state index in [-0.39, 0.29) is 30.4 Å². The van der Waals surface area contributed by atoms with Crippen molar-refractivity contribution in [3.8, 4) is 11.5 Å². The lowest BCUT2D eigenvalue weighted by Gasteiger charge is -2.14. The van der Waals surface area contributed by atoms with Gasteiger partial charge < -0.3 is 9.47 Å². The molecule has 0 aromatic heterocycles. The molecule has 1 saturated heterocycles. The summed E-state index contributed by atoms with van der Waals surface area (Å²) in [6.07, 6.45) is 1.79. The Balaban J connectivity index is 1.65. The van der Waals surface area contributed by atoms with Crippen molar-refractivity contribution in [2.45, 2.75) is 33.8 Å². The van der Waals surface area contributed by atoms with Crippen LogP contribution in [0.15, 0.2) is 45.8 Å². The lowest BCUT2D eigenvalue weighted by atomic mass is 10.1. The summed E-state index contributed by atoms with van der Waals surface area (Å²) in [6, 6.07) is 11.5. The number of aryl methyl sites for hydroxylation is 2. The normalized spacial score (nSPS) is 15.4. The van der Waals surface area contributed by atoms with E-state index in [1.54, 1.807) is 6.08 Å². The Bertz CT molecular complexity index is 1000. The number of carbonyl (C=O) groups is 2. The van der Waals surface area contributed by atoms with Crippen LogP contribution in [0.4, 0.5) is 4.79 Å². The Labute approximate surface area is 189 Å². The van der Waals surface area contributed by atoms with Crippen LogP contribution in [0.2, 0.25) is 0 Å². The van der Waals surface area contributed by atoms with E-state index in [1.807, 2.05) is 64.1 Å². The fourth-order valence-corrected chi connectivity index (χ4v) is 4.27. The highest BCUT2D eigenvalue weighted by Crippen LogP contribution is 2.34. The van der Waals surface area contributed by atoms with Gasteiger partial charge in [0.05, 0.1) is 22.0 Å². The summed E-state index contributed by atoms with van der Waals surface area (Å²) in [5, 5.41) is -0.283. The van der Waals surface area contributed by atoms with Gasteiger partial charge in [0.25, 0.3) is 11.1 Å². The maximum Gasteiger partial charge on any atom is 0.293 e. The van der Waals surface area contributed by atoms with E-state index < -0.39 is 0 Å². The van der Waals surface area contributed by atoms with Crippen molar-refractivity contribution in [2.75, 3.05) is 13.2 Å². The summed E-state index contributed by atoms with van der Waals surface area (Å²) in [6.45, 7) is 8.34. The fraction of sp³-hybridized carbons (Fsp3) is 0.304. The molecule has 0 atom stereocenters. The van der Waals surface area contributed by atoms with E-state index in [4.69, 9.17) is 9.47 Å². The van der Waals surface area contributed by atoms with Crippen molar-refractivity contribution in [1.29, 1.82) is 0 Å². The molecule has 3 rings (SSSR count). The second-order valence-corrected chi connectivity index (χ2v) is 9.15. The molecular formula is C23H24BrNO4S. The molecule has 1 aliphatic rings. The maximum absolute atomic E-state index is 12.7. The third kappa shape index (κ3) is 5.46. The fourth-order valence-electron chi connectivity index (χ4n) is 2.91. The second-order valence-electron chi connectivity index (χ2n) is 7.31. The van der Waals surface area contributed by atoms with Gasteiger partial charge in [-0.2, -0.15) is 0 Å². The predicted molar refractivity (Wildman–Crippen MR) is 124 cm³/mol. The molecule has 0 spiro atoms. The van der Waals surface area contributed by atoms with Crippen LogP contribution in [0.25, 0.3) is 6.08 Å². The first-order valence-corrected chi connectivity index (χ1v) is 11.3. The predicted octanol–water partition coefficient (Wildman–Crippen LogP) is 5.97. The molecule has 2 aromatic rings. The van der Waals surface area contributed by atoms with Crippen LogP contribution in [0.1, 0.15) is 30.5 Å². The molecule has 0 bridgehead atoms. The summed E-state index contributed by atoms with van der Waals surface area (Å²) in [4.78, 5) is 26.7. The van der Waals surface area contributed by atoms with Gasteiger partial charge in [0.1, 0.15) is 18.1 Å². The van der Waals surface area contributed by atoms with Crippen LogP contribution in [0, 0.1) is 13.8 Å². The van der Waals surface area contributed by atoms with E-state index in [9.17, 15) is 9.59 Å². The lowest BCUT2D eigenvalue weighted by Crippen LogP contribution is -2.32. The number of thioether (sulfide) groups is 1. The quantitative estimate of drug-likeness (QED) is 0.448. The van der Waals surface area contributed by atoms with Crippen LogP contribution < -0.4 is 9.47 Å². The molecule has 30 heavy (non-hydrogen) atoms. The van der Waals surface area contributed by atoms with Crippen molar-refractivity contribution in [2.24, 2.45) is 0 Å². The number of amides is 2. The van der Waals surface area contributed by atoms with Crippen LogP contribution in [0.5, 0.6) is 11.5 Å². The number of carbonyl (C=O) groups excluding carboxylic acids is 2. The molecule has 1 fully saturated rings. The molecule has 0 aliphatic carbocycles. The molecule has 2 aromatic carbocycles. The maximum atomic E-state index is 12.7. The number of rotatable bonds is 7. The van der Waals surface area contributed by atoms with Gasteiger partial charge in [-0.15, -0.1) is 0 Å². The molecule has 1 aliphatic heterocycles. The Morgan fingerprint density at radius 1 is 1.10 bits per heavy atom. The van der Waals surface area contributed by atoms with Gasteiger partial charge in [-0.25, -0.2) is 0 Å². The van der Waals surface area contributed by atoms with Crippen molar-refractivity contribution in [1.82, 2.24) is 4.90 Å². The smallest absolute Gasteiger partial charge is 0.293 e. The van der Waals surface area contributed by atoms with Crippen molar-refractivity contribution < 1.29 is 19.1 Å². The highest BCUT2D eigenvalue weighted by molar-refractivity contribution is 9.10. The summed E-state index contributed by atoms with van der Waals surface area (Å²) in [5.41, 5.74) is 2.93. The summed E-state index contributed by atoms with van der Waals surface area (Å²) in [7, 11) is 0. The number of nitrogens with zero attached hydrogens (tertiary/aromatic N) is 1. The van der Waals surface area contributed by atoms with Crippen LogP contribution in [0.3, 0.4) is 0 Å². The highest BCUT2D eigenvalue weighted by atomic mass is 79.9. The van der Waals surface area contributed by atoms with E-state index in [2.05, 4.69) is 15.9 Å². The van der Waals surface area contributed by atoms with Gasteiger partial charge in [-0.1, -0.05) is 18.2 Å². The first kappa shape index (κ1) is 22.4. The number of hydrogen-bond donors (Lipinski definition) is 0. The Morgan fingerprint density at radius 2 is 1.87 bits per heavy atom. The summed E-state index contributed by atoms with van der Waals surface area (Å²) < 4.78 is 12.3. The minimum atomic E-state index is -0.298. The molecule has 0 N–H and O–H groups in total. The SMILES string of the molecule is Cc1ccc(C)c(OCCN2C(=O)S/C(=C\c3ccc(OC(C)C)c(Br)c3)C2=O)c1. The zero-order valence-electron chi connectivity index (χ0n) is 17.4. The molecule has 7 heteroatoms. The largest absolute Gasteiger partial charge is 0.491 e. The molecule has 158 valence electrons. The molecule has 0 unspecified atom stereocenters. The number of ether oxygens (including phenoxy) is 2. The van der Waals surface area contributed by atoms with Gasteiger partial charge in [0.2, 0.25) is 0 Å². The van der Waals surface area contributed by atoms with Crippen molar-refractivity contribution >= 4 is 44.9 Å². The van der Waals surface area contributed by atoms with Gasteiger partial charge in [-0.05, 0) is 96.4 Å². The zero-order chi connectivity index (χ0) is 21.8. The molecule has 0 radical (unpaired) electrons. The second kappa shape index (κ2) is 9.71. The molecule has 0 saturated carbocycles. The number of hydrogen-bond acceptors (Lipinski definition) is 5.